The molecular formula is C15H17NO2. The largest absolute Gasteiger partial charge is 0.495 e. The van der Waals surface area contributed by atoms with Gasteiger partial charge >= 0.3 is 0 Å². The molecule has 0 amide bonds. The van der Waals surface area contributed by atoms with Crippen LogP contribution in [-0.4, -0.2) is 17.2 Å². The van der Waals surface area contributed by atoms with E-state index in [1.165, 1.54) is 0 Å². The number of aryl methyl sites for hydroxylation is 1. The van der Waals surface area contributed by atoms with Crippen molar-refractivity contribution >= 4 is 0 Å². The Morgan fingerprint density at radius 2 is 2.00 bits per heavy atom. The fourth-order valence-corrected chi connectivity index (χ4v) is 1.86. The molecule has 2 rings (SSSR count). The lowest BCUT2D eigenvalue weighted by Crippen LogP contribution is -2.00. The van der Waals surface area contributed by atoms with Gasteiger partial charge in [0, 0.05) is 6.20 Å². The normalized spacial score (nSPS) is 12.1. The van der Waals surface area contributed by atoms with Gasteiger partial charge in [-0.05, 0) is 30.0 Å². The highest BCUT2D eigenvalue weighted by atomic mass is 16.5. The number of rotatable bonds is 5. The summed E-state index contributed by atoms with van der Waals surface area (Å²) in [6.45, 7) is 0. The molecule has 2 aromatic rings. The maximum atomic E-state index is 10.1. The molecule has 1 heterocycles. The molecule has 3 heteroatoms. The van der Waals surface area contributed by atoms with Crippen molar-refractivity contribution in [1.82, 2.24) is 4.98 Å². The molecule has 94 valence electrons. The van der Waals surface area contributed by atoms with Gasteiger partial charge < -0.3 is 9.84 Å². The lowest BCUT2D eigenvalue weighted by molar-refractivity contribution is 0.168. The molecule has 1 N–H and O–H groups in total. The molecule has 0 bridgehead atoms. The molecule has 1 aromatic heterocycles. The van der Waals surface area contributed by atoms with Gasteiger partial charge in [-0.2, -0.15) is 0 Å². The van der Waals surface area contributed by atoms with E-state index in [0.717, 1.165) is 23.3 Å². The third kappa shape index (κ3) is 3.31. The van der Waals surface area contributed by atoms with Crippen LogP contribution in [-0.2, 0) is 6.42 Å². The van der Waals surface area contributed by atoms with E-state index in [-0.39, 0.29) is 0 Å². The Labute approximate surface area is 107 Å². The van der Waals surface area contributed by atoms with E-state index in [1.54, 1.807) is 19.5 Å². The van der Waals surface area contributed by atoms with E-state index in [2.05, 4.69) is 4.98 Å². The van der Waals surface area contributed by atoms with Crippen LogP contribution in [0.4, 0.5) is 0 Å². The van der Waals surface area contributed by atoms with Gasteiger partial charge in [0.15, 0.2) is 0 Å². The summed E-state index contributed by atoms with van der Waals surface area (Å²) in [6.07, 6.45) is 4.51. The molecule has 0 saturated carbocycles. The first-order valence-corrected chi connectivity index (χ1v) is 6.00. The van der Waals surface area contributed by atoms with Crippen molar-refractivity contribution in [3.63, 3.8) is 0 Å². The van der Waals surface area contributed by atoms with Crippen molar-refractivity contribution in [2.24, 2.45) is 0 Å². The Morgan fingerprint density at radius 3 is 2.72 bits per heavy atom. The Bertz CT molecular complexity index is 485. The maximum absolute atomic E-state index is 10.1. The number of aliphatic hydroxyl groups is 1. The molecule has 0 aliphatic rings. The fraction of sp³-hybridized carbons (Fsp3) is 0.267. The van der Waals surface area contributed by atoms with Gasteiger partial charge in [-0.1, -0.05) is 30.3 Å². The molecule has 1 aromatic carbocycles. The van der Waals surface area contributed by atoms with Crippen LogP contribution >= 0.6 is 0 Å². The van der Waals surface area contributed by atoms with E-state index in [0.29, 0.717) is 6.42 Å². The summed E-state index contributed by atoms with van der Waals surface area (Å²) in [5.74, 6) is 0.752. The van der Waals surface area contributed by atoms with Crippen molar-refractivity contribution in [1.29, 1.82) is 0 Å². The number of ether oxygens (including phenoxy) is 1. The van der Waals surface area contributed by atoms with Crippen LogP contribution in [0.5, 0.6) is 5.75 Å². The van der Waals surface area contributed by atoms with E-state index in [4.69, 9.17) is 4.74 Å². The van der Waals surface area contributed by atoms with Crippen molar-refractivity contribution in [2.75, 3.05) is 7.11 Å². The van der Waals surface area contributed by atoms with Crippen molar-refractivity contribution in [3.05, 3.63) is 59.9 Å². The SMILES string of the molecule is COc1cncc(CCC(O)c2ccccc2)c1. The molecule has 1 atom stereocenters. The van der Waals surface area contributed by atoms with E-state index in [9.17, 15) is 5.11 Å². The van der Waals surface area contributed by atoms with Crippen LogP contribution in [0.1, 0.15) is 23.7 Å². The Morgan fingerprint density at radius 1 is 1.22 bits per heavy atom. The predicted octanol–water partition coefficient (Wildman–Crippen LogP) is 2.76. The first-order chi connectivity index (χ1) is 8.79. The highest BCUT2D eigenvalue weighted by Crippen LogP contribution is 2.19. The number of aliphatic hydroxyl groups excluding tert-OH is 1. The van der Waals surface area contributed by atoms with Gasteiger partial charge in [0.1, 0.15) is 5.75 Å². The fourth-order valence-electron chi connectivity index (χ4n) is 1.86. The second-order valence-electron chi connectivity index (χ2n) is 4.20. The maximum Gasteiger partial charge on any atom is 0.137 e. The molecule has 0 aliphatic carbocycles. The zero-order valence-corrected chi connectivity index (χ0v) is 10.4. The molecular weight excluding hydrogens is 226 g/mol. The standard InChI is InChI=1S/C15H17NO2/c1-18-14-9-12(10-16-11-14)7-8-15(17)13-5-3-2-4-6-13/h2-6,9-11,15,17H,7-8H2,1H3. The third-order valence-electron chi connectivity index (χ3n) is 2.90. The Balaban J connectivity index is 1.95. The van der Waals surface area contributed by atoms with Gasteiger partial charge in [0.05, 0.1) is 19.4 Å². The molecule has 0 aliphatic heterocycles. The van der Waals surface area contributed by atoms with Crippen LogP contribution in [0.3, 0.4) is 0 Å². The summed E-state index contributed by atoms with van der Waals surface area (Å²) in [4.78, 5) is 4.10. The molecule has 0 saturated heterocycles. The zero-order valence-electron chi connectivity index (χ0n) is 10.4. The molecule has 0 fully saturated rings. The minimum Gasteiger partial charge on any atom is -0.495 e. The minimum absolute atomic E-state index is 0.433. The number of benzene rings is 1. The van der Waals surface area contributed by atoms with Crippen LogP contribution in [0.15, 0.2) is 48.8 Å². The van der Waals surface area contributed by atoms with Gasteiger partial charge in [-0.3, -0.25) is 4.98 Å². The van der Waals surface area contributed by atoms with Gasteiger partial charge in [0.25, 0.3) is 0 Å². The topological polar surface area (TPSA) is 42.4 Å². The van der Waals surface area contributed by atoms with Crippen LogP contribution in [0, 0.1) is 0 Å². The number of hydrogen-bond donors (Lipinski definition) is 1. The number of nitrogens with zero attached hydrogens (tertiary/aromatic N) is 1. The molecule has 0 spiro atoms. The highest BCUT2D eigenvalue weighted by molar-refractivity contribution is 5.24. The first kappa shape index (κ1) is 12.6. The number of methoxy groups -OCH3 is 1. The molecule has 0 radical (unpaired) electrons. The summed E-state index contributed by atoms with van der Waals surface area (Å²) >= 11 is 0. The molecule has 18 heavy (non-hydrogen) atoms. The van der Waals surface area contributed by atoms with Gasteiger partial charge in [-0.15, -0.1) is 0 Å². The summed E-state index contributed by atoms with van der Waals surface area (Å²) in [5, 5.41) is 10.1. The third-order valence-corrected chi connectivity index (χ3v) is 2.90. The van der Waals surface area contributed by atoms with Crippen LogP contribution in [0.2, 0.25) is 0 Å². The summed E-state index contributed by atoms with van der Waals surface area (Å²) < 4.78 is 5.12. The Hall–Kier alpha value is -1.87. The Kier molecular flexibility index (Phi) is 4.31. The van der Waals surface area contributed by atoms with Gasteiger partial charge in [-0.25, -0.2) is 0 Å². The number of pyridine rings is 1. The molecule has 1 unspecified atom stereocenters. The lowest BCUT2D eigenvalue weighted by atomic mass is 10.0. The van der Waals surface area contributed by atoms with Crippen LogP contribution in [0.25, 0.3) is 0 Å². The summed E-state index contributed by atoms with van der Waals surface area (Å²) in [7, 11) is 1.62. The minimum atomic E-state index is -0.433. The predicted molar refractivity (Wildman–Crippen MR) is 70.5 cm³/mol. The second kappa shape index (κ2) is 6.17. The van der Waals surface area contributed by atoms with Crippen molar-refractivity contribution in [2.45, 2.75) is 18.9 Å². The number of hydrogen-bond acceptors (Lipinski definition) is 3. The monoisotopic (exact) mass is 243 g/mol. The van der Waals surface area contributed by atoms with E-state index < -0.39 is 6.10 Å². The average Bonchev–Trinajstić information content (AvgIpc) is 2.46. The van der Waals surface area contributed by atoms with Gasteiger partial charge in [0.2, 0.25) is 0 Å². The lowest BCUT2D eigenvalue weighted by Gasteiger charge is -2.11. The smallest absolute Gasteiger partial charge is 0.137 e. The van der Waals surface area contributed by atoms with E-state index in [1.807, 2.05) is 36.4 Å². The zero-order chi connectivity index (χ0) is 12.8. The quantitative estimate of drug-likeness (QED) is 0.878. The van der Waals surface area contributed by atoms with Crippen LogP contribution < -0.4 is 4.74 Å². The molecule has 3 nitrogen and oxygen atoms in total. The first-order valence-electron chi connectivity index (χ1n) is 6.00. The van der Waals surface area contributed by atoms with Crippen molar-refractivity contribution in [3.8, 4) is 5.75 Å². The summed E-state index contributed by atoms with van der Waals surface area (Å²) in [6, 6.07) is 11.6. The van der Waals surface area contributed by atoms with E-state index >= 15 is 0 Å². The van der Waals surface area contributed by atoms with Crippen molar-refractivity contribution < 1.29 is 9.84 Å². The highest BCUT2D eigenvalue weighted by Gasteiger charge is 2.07. The number of aromatic nitrogens is 1. The second-order valence-corrected chi connectivity index (χ2v) is 4.20. The average molecular weight is 243 g/mol. The summed E-state index contributed by atoms with van der Waals surface area (Å²) in [5.41, 5.74) is 2.03.